The van der Waals surface area contributed by atoms with Gasteiger partial charge in [-0.3, -0.25) is 0 Å². The standard InChI is InChI=1S/C49H40FNS/c1-48(2)39-12-5-3-9-34(39)37-11-7-14-43(47(37)48)51(42-13-8-16-45-46(42)38-10-4-6-15-44(38)52-45)33-18-20-36-35-19-17-32(50)26-40(35)49(41(36)27-33)30-22-28-21-29(24-30)25-31(49)23-28/h3-20,26-31H,21-25H2,1-2H3. The van der Waals surface area contributed by atoms with Gasteiger partial charge in [-0.2, -0.15) is 0 Å². The normalized spacial score (nSPS) is 25.4. The van der Waals surface area contributed by atoms with Gasteiger partial charge in [-0.1, -0.05) is 86.6 Å². The molecule has 13 rings (SSSR count). The lowest BCUT2D eigenvalue weighted by molar-refractivity contribution is -0.0400. The van der Waals surface area contributed by atoms with Gasteiger partial charge < -0.3 is 4.90 Å². The van der Waals surface area contributed by atoms with Gasteiger partial charge in [0.2, 0.25) is 0 Å². The number of thiophene rings is 1. The lowest BCUT2D eigenvalue weighted by atomic mass is 9.43. The van der Waals surface area contributed by atoms with E-state index in [0.717, 1.165) is 11.8 Å². The second-order valence-electron chi connectivity index (χ2n) is 17.0. The van der Waals surface area contributed by atoms with E-state index in [0.29, 0.717) is 11.8 Å². The smallest absolute Gasteiger partial charge is 0.123 e. The first-order chi connectivity index (χ1) is 25.4. The summed E-state index contributed by atoms with van der Waals surface area (Å²) in [5.74, 6) is 2.68. The highest BCUT2D eigenvalue weighted by atomic mass is 32.1. The molecule has 1 spiro atoms. The molecular weight excluding hydrogens is 654 g/mol. The van der Waals surface area contributed by atoms with Crippen LogP contribution in [0.1, 0.15) is 68.2 Å². The van der Waals surface area contributed by atoms with E-state index in [4.69, 9.17) is 0 Å². The molecule has 4 bridgehead atoms. The van der Waals surface area contributed by atoms with E-state index >= 15 is 4.39 Å². The van der Waals surface area contributed by atoms with Crippen LogP contribution in [0.4, 0.5) is 21.5 Å². The molecular formula is C49H40FNS. The maximum Gasteiger partial charge on any atom is 0.123 e. The van der Waals surface area contributed by atoms with Gasteiger partial charge in [0, 0.05) is 36.7 Å². The SMILES string of the molecule is CC1(C)c2ccccc2-c2cccc(N(c3ccc4c(c3)C3(c5cc(F)ccc5-4)C4CC5CC(C4)CC3C5)c3cccc4sc5ccccc5c34)c21. The van der Waals surface area contributed by atoms with Crippen LogP contribution in [0.3, 0.4) is 0 Å². The van der Waals surface area contributed by atoms with Crippen molar-refractivity contribution in [3.63, 3.8) is 0 Å². The van der Waals surface area contributed by atoms with E-state index in [-0.39, 0.29) is 16.6 Å². The van der Waals surface area contributed by atoms with E-state index < -0.39 is 0 Å². The monoisotopic (exact) mass is 693 g/mol. The highest BCUT2D eigenvalue weighted by Gasteiger charge is 2.61. The molecule has 3 heteroatoms. The third kappa shape index (κ3) is 3.68. The van der Waals surface area contributed by atoms with Crippen LogP contribution in [0.15, 0.2) is 121 Å². The van der Waals surface area contributed by atoms with Gasteiger partial charge >= 0.3 is 0 Å². The van der Waals surface area contributed by atoms with E-state index in [2.05, 4.69) is 128 Å². The Morgan fingerprint density at radius 1 is 0.577 bits per heavy atom. The van der Waals surface area contributed by atoms with Crippen LogP contribution in [0.5, 0.6) is 0 Å². The van der Waals surface area contributed by atoms with Crippen LogP contribution in [0, 0.1) is 29.5 Å². The van der Waals surface area contributed by atoms with Crippen LogP contribution < -0.4 is 4.90 Å². The predicted octanol–water partition coefficient (Wildman–Crippen LogP) is 13.7. The minimum atomic E-state index is -0.182. The first-order valence-electron chi connectivity index (χ1n) is 19.3. The fraction of sp³-hybridized carbons (Fsp3) is 0.265. The summed E-state index contributed by atoms with van der Waals surface area (Å²) in [5.41, 5.74) is 14.1. The largest absolute Gasteiger partial charge is 0.309 e. The Hall–Kier alpha value is -4.73. The highest BCUT2D eigenvalue weighted by molar-refractivity contribution is 7.26. The molecule has 0 atom stereocenters. The van der Waals surface area contributed by atoms with Gasteiger partial charge in [0.25, 0.3) is 0 Å². The Morgan fingerprint density at radius 3 is 2.04 bits per heavy atom. The summed E-state index contributed by atoms with van der Waals surface area (Å²) in [5, 5.41) is 2.61. The molecule has 4 fully saturated rings. The maximum atomic E-state index is 15.4. The van der Waals surface area contributed by atoms with Crippen molar-refractivity contribution >= 4 is 48.6 Å². The Kier molecular flexibility index (Phi) is 5.86. The summed E-state index contributed by atoms with van der Waals surface area (Å²) in [6.45, 7) is 4.80. The number of hydrogen-bond acceptors (Lipinski definition) is 2. The van der Waals surface area contributed by atoms with Crippen LogP contribution in [-0.4, -0.2) is 0 Å². The fourth-order valence-electron chi connectivity index (χ4n) is 12.7. The Morgan fingerprint density at radius 2 is 1.21 bits per heavy atom. The molecule has 7 aromatic rings. The second-order valence-corrected chi connectivity index (χ2v) is 18.1. The van der Waals surface area contributed by atoms with Crippen molar-refractivity contribution in [1.82, 2.24) is 0 Å². The lowest BCUT2D eigenvalue weighted by Gasteiger charge is -2.61. The third-order valence-corrected chi connectivity index (χ3v) is 15.4. The summed E-state index contributed by atoms with van der Waals surface area (Å²) in [7, 11) is 0. The van der Waals surface area contributed by atoms with E-state index in [9.17, 15) is 0 Å². The molecule has 0 saturated heterocycles. The van der Waals surface area contributed by atoms with Crippen LogP contribution in [0.25, 0.3) is 42.4 Å². The van der Waals surface area contributed by atoms with Crippen molar-refractivity contribution in [3.05, 3.63) is 149 Å². The second kappa shape index (κ2) is 10.2. The fourth-order valence-corrected chi connectivity index (χ4v) is 13.8. The number of benzene rings is 6. The molecule has 0 aliphatic heterocycles. The molecule has 4 saturated carbocycles. The molecule has 1 nitrogen and oxygen atoms in total. The Balaban J connectivity index is 1.16. The lowest BCUT2D eigenvalue weighted by Crippen LogP contribution is -2.55. The summed E-state index contributed by atoms with van der Waals surface area (Å²) in [6, 6.07) is 44.7. The first-order valence-corrected chi connectivity index (χ1v) is 20.1. The molecule has 6 aromatic carbocycles. The molecule has 0 unspecified atom stereocenters. The Labute approximate surface area is 308 Å². The number of nitrogens with zero attached hydrogens (tertiary/aromatic N) is 1. The molecule has 1 aromatic heterocycles. The summed E-state index contributed by atoms with van der Waals surface area (Å²) >= 11 is 1.88. The number of hydrogen-bond donors (Lipinski definition) is 0. The third-order valence-electron chi connectivity index (χ3n) is 14.3. The van der Waals surface area contributed by atoms with Gasteiger partial charge in [-0.05, 0) is 149 Å². The topological polar surface area (TPSA) is 3.24 Å². The summed E-state index contributed by atoms with van der Waals surface area (Å²) in [6.07, 6.45) is 6.49. The molecule has 1 heterocycles. The molecule has 6 aliphatic rings. The molecule has 0 amide bonds. The minimum absolute atomic E-state index is 0.0979. The van der Waals surface area contributed by atoms with Crippen LogP contribution >= 0.6 is 11.3 Å². The molecule has 0 radical (unpaired) electrons. The number of fused-ring (bicyclic) bond motifs is 9. The van der Waals surface area contributed by atoms with Gasteiger partial charge in [0.1, 0.15) is 5.82 Å². The molecule has 254 valence electrons. The summed E-state index contributed by atoms with van der Waals surface area (Å²) in [4.78, 5) is 2.60. The van der Waals surface area contributed by atoms with Crippen molar-refractivity contribution in [2.75, 3.05) is 4.90 Å². The van der Waals surface area contributed by atoms with Crippen molar-refractivity contribution in [2.45, 2.75) is 56.8 Å². The van der Waals surface area contributed by atoms with Crippen molar-refractivity contribution in [2.24, 2.45) is 23.7 Å². The zero-order valence-electron chi connectivity index (χ0n) is 29.6. The first kappa shape index (κ1) is 29.8. The van der Waals surface area contributed by atoms with E-state index in [1.54, 1.807) is 6.07 Å². The highest BCUT2D eigenvalue weighted by Crippen LogP contribution is 2.70. The quantitative estimate of drug-likeness (QED) is 0.178. The van der Waals surface area contributed by atoms with Crippen molar-refractivity contribution in [3.8, 4) is 22.3 Å². The van der Waals surface area contributed by atoms with Crippen molar-refractivity contribution in [1.29, 1.82) is 0 Å². The number of anilines is 3. The predicted molar refractivity (Wildman–Crippen MR) is 215 cm³/mol. The van der Waals surface area contributed by atoms with Gasteiger partial charge in [-0.25, -0.2) is 4.39 Å². The van der Waals surface area contributed by atoms with Crippen LogP contribution in [0.2, 0.25) is 0 Å². The summed E-state index contributed by atoms with van der Waals surface area (Å²) < 4.78 is 18.0. The zero-order chi connectivity index (χ0) is 34.5. The van der Waals surface area contributed by atoms with Crippen molar-refractivity contribution < 1.29 is 4.39 Å². The van der Waals surface area contributed by atoms with Gasteiger partial charge in [0.05, 0.1) is 11.4 Å². The average molecular weight is 694 g/mol. The minimum Gasteiger partial charge on any atom is -0.309 e. The van der Waals surface area contributed by atoms with Gasteiger partial charge in [-0.15, -0.1) is 11.3 Å². The van der Waals surface area contributed by atoms with E-state index in [1.165, 1.54) is 114 Å². The van der Waals surface area contributed by atoms with Gasteiger partial charge in [0.15, 0.2) is 0 Å². The number of rotatable bonds is 3. The molecule has 6 aliphatic carbocycles. The molecule has 52 heavy (non-hydrogen) atoms. The van der Waals surface area contributed by atoms with E-state index in [1.807, 2.05) is 17.4 Å². The Bertz CT molecular complexity index is 2630. The van der Waals surface area contributed by atoms with Crippen LogP contribution in [-0.2, 0) is 10.8 Å². The number of halogens is 1. The maximum absolute atomic E-state index is 15.4. The molecule has 0 N–H and O–H groups in total. The zero-order valence-corrected chi connectivity index (χ0v) is 30.4. The average Bonchev–Trinajstić information content (AvgIpc) is 3.75.